The van der Waals surface area contributed by atoms with E-state index < -0.39 is 6.04 Å². The molecule has 0 spiro atoms. The van der Waals surface area contributed by atoms with E-state index >= 15 is 0 Å². The van der Waals surface area contributed by atoms with Crippen LogP contribution in [-0.4, -0.2) is 24.4 Å². The molecule has 2 aromatic rings. The first-order valence-corrected chi connectivity index (χ1v) is 9.12. The first kappa shape index (κ1) is 18.2. The van der Waals surface area contributed by atoms with Crippen molar-refractivity contribution >= 4 is 23.2 Å². The monoisotopic (exact) mass is 344 g/mol. The lowest BCUT2D eigenvalue weighted by molar-refractivity contribution is -0.123. The van der Waals surface area contributed by atoms with Crippen molar-refractivity contribution in [3.05, 3.63) is 58.3 Å². The van der Waals surface area contributed by atoms with Gasteiger partial charge in [-0.15, -0.1) is 11.3 Å². The topological polar surface area (TPSA) is 58.2 Å². The third kappa shape index (κ3) is 5.49. The van der Waals surface area contributed by atoms with Crippen LogP contribution in [0.25, 0.3) is 0 Å². The fraction of sp³-hybridized carbons (Fsp3) is 0.368. The second-order valence-electron chi connectivity index (χ2n) is 6.05. The van der Waals surface area contributed by atoms with E-state index in [1.165, 1.54) is 16.9 Å². The van der Waals surface area contributed by atoms with Gasteiger partial charge in [0.2, 0.25) is 5.91 Å². The van der Waals surface area contributed by atoms with E-state index in [9.17, 15) is 9.59 Å². The van der Waals surface area contributed by atoms with Crippen molar-refractivity contribution in [2.45, 2.75) is 32.7 Å². The van der Waals surface area contributed by atoms with Gasteiger partial charge in [0.15, 0.2) is 0 Å². The first-order chi connectivity index (χ1) is 11.6. The highest BCUT2D eigenvalue weighted by atomic mass is 32.1. The van der Waals surface area contributed by atoms with Crippen molar-refractivity contribution in [3.63, 3.8) is 0 Å². The summed E-state index contributed by atoms with van der Waals surface area (Å²) in [6.45, 7) is 4.47. The summed E-state index contributed by atoms with van der Waals surface area (Å²) in [5.74, 6) is -0.283. The number of carbonyl (C=O) groups is 2. The average molecular weight is 344 g/mol. The van der Waals surface area contributed by atoms with Gasteiger partial charge >= 0.3 is 0 Å². The maximum atomic E-state index is 12.4. The molecule has 24 heavy (non-hydrogen) atoms. The van der Waals surface area contributed by atoms with Crippen molar-refractivity contribution in [2.75, 3.05) is 6.54 Å². The summed E-state index contributed by atoms with van der Waals surface area (Å²) in [6, 6.07) is 13.3. The quantitative estimate of drug-likeness (QED) is 0.722. The van der Waals surface area contributed by atoms with Gasteiger partial charge in [0, 0.05) is 6.54 Å². The highest BCUT2D eigenvalue weighted by Gasteiger charge is 2.24. The zero-order valence-electron chi connectivity index (χ0n) is 14.1. The van der Waals surface area contributed by atoms with Crippen molar-refractivity contribution in [1.29, 1.82) is 0 Å². The van der Waals surface area contributed by atoms with Crippen molar-refractivity contribution in [2.24, 2.45) is 5.92 Å². The minimum absolute atomic E-state index is 0.0306. The van der Waals surface area contributed by atoms with E-state index in [1.807, 2.05) is 43.5 Å². The fourth-order valence-electron chi connectivity index (χ4n) is 2.41. The molecule has 0 aliphatic heterocycles. The summed E-state index contributed by atoms with van der Waals surface area (Å²) in [6.07, 6.45) is 1.80. The molecule has 1 atom stereocenters. The molecule has 1 aromatic heterocycles. The normalized spacial score (nSPS) is 12.0. The summed E-state index contributed by atoms with van der Waals surface area (Å²) in [5, 5.41) is 7.62. The van der Waals surface area contributed by atoms with Crippen LogP contribution in [0.1, 0.15) is 35.5 Å². The van der Waals surface area contributed by atoms with Crippen LogP contribution in [0.2, 0.25) is 0 Å². The predicted octanol–water partition coefficient (Wildman–Crippen LogP) is 3.25. The lowest BCUT2D eigenvalue weighted by Crippen LogP contribution is -2.49. The Bertz CT molecular complexity index is 639. The molecule has 0 saturated heterocycles. The second kappa shape index (κ2) is 9.23. The molecule has 128 valence electrons. The highest BCUT2D eigenvalue weighted by Crippen LogP contribution is 2.10. The largest absolute Gasteiger partial charge is 0.354 e. The van der Waals surface area contributed by atoms with Crippen LogP contribution in [0.5, 0.6) is 0 Å². The number of carbonyl (C=O) groups excluding carboxylic acids is 2. The molecule has 5 heteroatoms. The molecule has 0 fully saturated rings. The summed E-state index contributed by atoms with van der Waals surface area (Å²) in [4.78, 5) is 25.2. The second-order valence-corrected chi connectivity index (χ2v) is 7.00. The Morgan fingerprint density at radius 2 is 1.83 bits per heavy atom. The summed E-state index contributed by atoms with van der Waals surface area (Å²) in [7, 11) is 0. The first-order valence-electron chi connectivity index (χ1n) is 8.24. The third-order valence-electron chi connectivity index (χ3n) is 3.76. The molecule has 0 aliphatic rings. The number of hydrogen-bond acceptors (Lipinski definition) is 3. The van der Waals surface area contributed by atoms with Crippen LogP contribution in [0, 0.1) is 5.92 Å². The van der Waals surface area contributed by atoms with Crippen LogP contribution in [0.3, 0.4) is 0 Å². The number of aryl methyl sites for hydroxylation is 1. The Morgan fingerprint density at radius 1 is 1.08 bits per heavy atom. The molecule has 2 N–H and O–H groups in total. The highest BCUT2D eigenvalue weighted by molar-refractivity contribution is 7.12. The number of benzene rings is 1. The predicted molar refractivity (Wildman–Crippen MR) is 98.2 cm³/mol. The lowest BCUT2D eigenvalue weighted by Gasteiger charge is -2.21. The van der Waals surface area contributed by atoms with Crippen molar-refractivity contribution in [1.82, 2.24) is 10.6 Å². The van der Waals surface area contributed by atoms with Gasteiger partial charge in [-0.05, 0) is 35.8 Å². The summed E-state index contributed by atoms with van der Waals surface area (Å²) in [5.41, 5.74) is 1.26. The Balaban J connectivity index is 1.79. The molecular weight excluding hydrogens is 320 g/mol. The minimum atomic E-state index is -0.517. The van der Waals surface area contributed by atoms with E-state index in [0.29, 0.717) is 11.4 Å². The molecule has 4 nitrogen and oxygen atoms in total. The number of amides is 2. The van der Waals surface area contributed by atoms with Gasteiger partial charge in [-0.3, -0.25) is 9.59 Å². The van der Waals surface area contributed by atoms with Crippen LogP contribution in [-0.2, 0) is 11.2 Å². The smallest absolute Gasteiger partial charge is 0.262 e. The van der Waals surface area contributed by atoms with Gasteiger partial charge in [0.1, 0.15) is 6.04 Å². The van der Waals surface area contributed by atoms with Crippen LogP contribution < -0.4 is 10.6 Å². The van der Waals surface area contributed by atoms with E-state index in [0.717, 1.165) is 12.8 Å². The van der Waals surface area contributed by atoms with E-state index in [-0.39, 0.29) is 17.7 Å². The lowest BCUT2D eigenvalue weighted by atomic mass is 10.0. The summed E-state index contributed by atoms with van der Waals surface area (Å²) < 4.78 is 0. The van der Waals surface area contributed by atoms with Crippen LogP contribution in [0.4, 0.5) is 0 Å². The molecule has 0 saturated carbocycles. The Labute approximate surface area is 147 Å². The number of thiophene rings is 1. The number of hydrogen-bond donors (Lipinski definition) is 2. The molecule has 1 aromatic carbocycles. The minimum Gasteiger partial charge on any atom is -0.354 e. The zero-order chi connectivity index (χ0) is 17.4. The Kier molecular flexibility index (Phi) is 7.00. The van der Waals surface area contributed by atoms with E-state index in [1.54, 1.807) is 6.07 Å². The maximum Gasteiger partial charge on any atom is 0.262 e. The van der Waals surface area contributed by atoms with E-state index in [2.05, 4.69) is 22.8 Å². The molecule has 1 unspecified atom stereocenters. The average Bonchev–Trinajstić information content (AvgIpc) is 3.11. The van der Waals surface area contributed by atoms with Gasteiger partial charge < -0.3 is 10.6 Å². The standard InChI is InChI=1S/C19H24N2O2S/c1-14(2)17(21-18(22)16-11-7-13-24-16)19(23)20-12-6-10-15-8-4-3-5-9-15/h3-5,7-9,11,13-14,17H,6,10,12H2,1-2H3,(H,20,23)(H,21,22). The summed E-state index contributed by atoms with van der Waals surface area (Å²) >= 11 is 1.37. The van der Waals surface area contributed by atoms with Gasteiger partial charge in [0.05, 0.1) is 4.88 Å². The van der Waals surface area contributed by atoms with Crippen molar-refractivity contribution < 1.29 is 9.59 Å². The van der Waals surface area contributed by atoms with Crippen LogP contribution >= 0.6 is 11.3 Å². The van der Waals surface area contributed by atoms with E-state index in [4.69, 9.17) is 0 Å². The molecule has 1 heterocycles. The van der Waals surface area contributed by atoms with Crippen molar-refractivity contribution in [3.8, 4) is 0 Å². The third-order valence-corrected chi connectivity index (χ3v) is 4.63. The molecule has 0 radical (unpaired) electrons. The Hall–Kier alpha value is -2.14. The van der Waals surface area contributed by atoms with Gasteiger partial charge in [0.25, 0.3) is 5.91 Å². The molecular formula is C19H24N2O2S. The van der Waals surface area contributed by atoms with Gasteiger partial charge in [-0.25, -0.2) is 0 Å². The fourth-order valence-corrected chi connectivity index (χ4v) is 3.04. The SMILES string of the molecule is CC(C)C(NC(=O)c1cccs1)C(=O)NCCCc1ccccc1. The molecule has 0 aliphatic carbocycles. The molecule has 2 amide bonds. The zero-order valence-corrected chi connectivity index (χ0v) is 14.9. The number of nitrogens with one attached hydrogen (secondary N) is 2. The Morgan fingerprint density at radius 3 is 2.46 bits per heavy atom. The van der Waals surface area contributed by atoms with Gasteiger partial charge in [-0.1, -0.05) is 50.2 Å². The van der Waals surface area contributed by atoms with Gasteiger partial charge in [-0.2, -0.15) is 0 Å². The maximum absolute atomic E-state index is 12.4. The molecule has 0 bridgehead atoms. The molecule has 2 rings (SSSR count). The number of rotatable bonds is 8. The van der Waals surface area contributed by atoms with Crippen LogP contribution in [0.15, 0.2) is 47.8 Å².